The number of hydrogen-bond donors (Lipinski definition) is 2. The molecule has 3 rings (SSSR count). The third kappa shape index (κ3) is 3.36. The Morgan fingerprint density at radius 3 is 2.71 bits per heavy atom. The van der Waals surface area contributed by atoms with E-state index in [4.69, 9.17) is 11.6 Å². The summed E-state index contributed by atoms with van der Waals surface area (Å²) in [5.74, 6) is -1.93. The van der Waals surface area contributed by atoms with Gasteiger partial charge in [-0.3, -0.25) is 0 Å². The number of carboxylic acid groups (broad SMARTS) is 1. The molecule has 0 fully saturated rings. The van der Waals surface area contributed by atoms with Crippen molar-refractivity contribution in [2.75, 3.05) is 5.32 Å². The van der Waals surface area contributed by atoms with Gasteiger partial charge in [-0.15, -0.1) is 0 Å². The molecule has 0 bridgehead atoms. The van der Waals surface area contributed by atoms with Crippen LogP contribution in [-0.2, 0) is 0 Å². The number of rotatable bonds is 4. The number of benzene rings is 2. The monoisotopic (exact) mass is 457 g/mol. The Balaban J connectivity index is 2.10. The maximum Gasteiger partial charge on any atom is 0.337 e. The minimum absolute atomic E-state index is 0.133. The predicted molar refractivity (Wildman–Crippen MR) is 97.9 cm³/mol. The van der Waals surface area contributed by atoms with Gasteiger partial charge < -0.3 is 10.4 Å². The topological polar surface area (TPSA) is 67.1 Å². The van der Waals surface area contributed by atoms with E-state index in [0.29, 0.717) is 10.7 Å². The highest BCUT2D eigenvalue weighted by atomic mass is 127. The highest BCUT2D eigenvalue weighted by Crippen LogP contribution is 2.31. The van der Waals surface area contributed by atoms with Gasteiger partial charge in [-0.1, -0.05) is 11.6 Å². The van der Waals surface area contributed by atoms with Crippen molar-refractivity contribution < 1.29 is 14.3 Å². The highest BCUT2D eigenvalue weighted by molar-refractivity contribution is 14.1. The first kappa shape index (κ1) is 16.7. The van der Waals surface area contributed by atoms with Crippen LogP contribution >= 0.6 is 34.2 Å². The Hall–Kier alpha value is -2.13. The number of anilines is 2. The molecule has 3 aromatic rings. The van der Waals surface area contributed by atoms with Crippen molar-refractivity contribution in [3.63, 3.8) is 0 Å². The van der Waals surface area contributed by atoms with Gasteiger partial charge in [-0.25, -0.2) is 13.9 Å². The molecule has 0 radical (unpaired) electrons. The molecule has 122 valence electrons. The van der Waals surface area contributed by atoms with Crippen molar-refractivity contribution in [1.82, 2.24) is 9.78 Å². The van der Waals surface area contributed by atoms with E-state index in [1.165, 1.54) is 16.9 Å². The first-order valence-electron chi connectivity index (χ1n) is 6.74. The van der Waals surface area contributed by atoms with E-state index >= 15 is 0 Å². The summed E-state index contributed by atoms with van der Waals surface area (Å²) in [4.78, 5) is 11.4. The minimum atomic E-state index is -1.25. The molecular formula is C16H10ClFIN3O2. The van der Waals surface area contributed by atoms with Crippen molar-refractivity contribution in [1.29, 1.82) is 0 Å². The molecule has 0 amide bonds. The summed E-state index contributed by atoms with van der Waals surface area (Å²) < 4.78 is 16.5. The molecule has 0 aliphatic heterocycles. The lowest BCUT2D eigenvalue weighted by molar-refractivity contribution is 0.0697. The average molecular weight is 458 g/mol. The molecule has 2 N–H and O–H groups in total. The molecule has 2 aromatic carbocycles. The molecule has 0 spiro atoms. The van der Waals surface area contributed by atoms with Gasteiger partial charge in [0.2, 0.25) is 0 Å². The third-order valence-electron chi connectivity index (χ3n) is 3.27. The van der Waals surface area contributed by atoms with Crippen molar-refractivity contribution in [3.05, 3.63) is 68.8 Å². The van der Waals surface area contributed by atoms with Crippen molar-refractivity contribution in [2.45, 2.75) is 0 Å². The summed E-state index contributed by atoms with van der Waals surface area (Å²) in [5, 5.41) is 16.7. The summed E-state index contributed by atoms with van der Waals surface area (Å²) in [6, 6.07) is 9.29. The van der Waals surface area contributed by atoms with Crippen LogP contribution in [0.15, 0.2) is 48.8 Å². The van der Waals surface area contributed by atoms with E-state index in [1.54, 1.807) is 24.4 Å². The molecular weight excluding hydrogens is 448 g/mol. The second kappa shape index (κ2) is 6.78. The summed E-state index contributed by atoms with van der Waals surface area (Å²) in [6.07, 6.45) is 3.08. The van der Waals surface area contributed by atoms with Crippen LogP contribution in [0, 0.1) is 9.39 Å². The third-order valence-corrected chi connectivity index (χ3v) is 4.25. The maximum atomic E-state index is 14.2. The number of carbonyl (C=O) groups is 1. The second-order valence-electron chi connectivity index (χ2n) is 4.85. The van der Waals surface area contributed by atoms with Crippen LogP contribution in [0.1, 0.15) is 10.4 Å². The predicted octanol–water partition coefficient (Wildman–Crippen LogP) is 4.71. The molecule has 5 nitrogen and oxygen atoms in total. The normalized spacial score (nSPS) is 10.6. The summed E-state index contributed by atoms with van der Waals surface area (Å²) in [6.45, 7) is 0. The van der Waals surface area contributed by atoms with Gasteiger partial charge in [0, 0.05) is 16.0 Å². The lowest BCUT2D eigenvalue weighted by atomic mass is 10.1. The van der Waals surface area contributed by atoms with Crippen molar-refractivity contribution in [3.8, 4) is 5.69 Å². The molecule has 24 heavy (non-hydrogen) atoms. The van der Waals surface area contributed by atoms with Gasteiger partial charge in [0.05, 0.1) is 22.0 Å². The summed E-state index contributed by atoms with van der Waals surface area (Å²) >= 11 is 8.30. The van der Waals surface area contributed by atoms with Gasteiger partial charge in [0.25, 0.3) is 0 Å². The standard InChI is InChI=1S/C16H10ClFIN3O2/c17-11-6-9(19)2-3-13(11)21-14-8-15(22-5-1-4-20-22)12(18)7-10(14)16(23)24/h1-8,21H,(H,23,24). The quantitative estimate of drug-likeness (QED) is 0.557. The van der Waals surface area contributed by atoms with E-state index in [2.05, 4.69) is 33.0 Å². The fourth-order valence-corrected chi connectivity index (χ4v) is 3.07. The Morgan fingerprint density at radius 2 is 2.08 bits per heavy atom. The molecule has 1 aromatic heterocycles. The van der Waals surface area contributed by atoms with E-state index in [9.17, 15) is 14.3 Å². The zero-order valence-corrected chi connectivity index (χ0v) is 14.9. The molecule has 0 aliphatic rings. The number of nitrogens with zero attached hydrogens (tertiary/aromatic N) is 2. The van der Waals surface area contributed by atoms with Gasteiger partial charge >= 0.3 is 5.97 Å². The van der Waals surface area contributed by atoms with Crippen LogP contribution < -0.4 is 5.32 Å². The fourth-order valence-electron chi connectivity index (χ4n) is 2.17. The van der Waals surface area contributed by atoms with E-state index < -0.39 is 11.8 Å². The van der Waals surface area contributed by atoms with Gasteiger partial charge in [-0.05, 0) is 59.0 Å². The summed E-state index contributed by atoms with van der Waals surface area (Å²) in [7, 11) is 0. The zero-order chi connectivity index (χ0) is 17.3. The SMILES string of the molecule is O=C(O)c1cc(F)c(-n2cccn2)cc1Nc1ccc(I)cc1Cl. The molecule has 0 saturated heterocycles. The van der Waals surface area contributed by atoms with Crippen LogP contribution in [0.5, 0.6) is 0 Å². The zero-order valence-electron chi connectivity index (χ0n) is 12.0. The lowest BCUT2D eigenvalue weighted by Gasteiger charge is -2.14. The van der Waals surface area contributed by atoms with Gasteiger partial charge in [0.1, 0.15) is 11.5 Å². The molecule has 1 heterocycles. The smallest absolute Gasteiger partial charge is 0.337 e. The van der Waals surface area contributed by atoms with E-state index in [-0.39, 0.29) is 16.9 Å². The average Bonchev–Trinajstić information content (AvgIpc) is 3.05. The van der Waals surface area contributed by atoms with E-state index in [0.717, 1.165) is 9.64 Å². The summed E-state index contributed by atoms with van der Waals surface area (Å²) in [5.41, 5.74) is 0.683. The lowest BCUT2D eigenvalue weighted by Crippen LogP contribution is -2.07. The Bertz CT molecular complexity index is 916. The number of aromatic nitrogens is 2. The molecule has 0 unspecified atom stereocenters. The first-order chi connectivity index (χ1) is 11.5. The van der Waals surface area contributed by atoms with Crippen LogP contribution in [0.3, 0.4) is 0 Å². The van der Waals surface area contributed by atoms with Crippen LogP contribution in [0.25, 0.3) is 5.69 Å². The van der Waals surface area contributed by atoms with Crippen molar-refractivity contribution >= 4 is 51.5 Å². The highest BCUT2D eigenvalue weighted by Gasteiger charge is 2.17. The Morgan fingerprint density at radius 1 is 1.29 bits per heavy atom. The number of carboxylic acids is 1. The molecule has 0 saturated carbocycles. The maximum absolute atomic E-state index is 14.2. The minimum Gasteiger partial charge on any atom is -0.478 e. The van der Waals surface area contributed by atoms with Crippen LogP contribution in [-0.4, -0.2) is 20.9 Å². The number of hydrogen-bond acceptors (Lipinski definition) is 3. The molecule has 0 aliphatic carbocycles. The number of halogens is 3. The fraction of sp³-hybridized carbons (Fsp3) is 0. The van der Waals surface area contributed by atoms with E-state index in [1.807, 2.05) is 6.07 Å². The first-order valence-corrected chi connectivity index (χ1v) is 8.20. The van der Waals surface area contributed by atoms with Crippen LogP contribution in [0.2, 0.25) is 5.02 Å². The number of nitrogens with one attached hydrogen (secondary N) is 1. The molecule has 8 heteroatoms. The Kier molecular flexibility index (Phi) is 4.72. The van der Waals surface area contributed by atoms with Crippen LogP contribution in [0.4, 0.5) is 15.8 Å². The Labute approximate surface area is 155 Å². The van der Waals surface area contributed by atoms with Gasteiger partial charge in [-0.2, -0.15) is 5.10 Å². The molecule has 0 atom stereocenters. The van der Waals surface area contributed by atoms with Gasteiger partial charge in [0.15, 0.2) is 0 Å². The number of aromatic carboxylic acids is 1. The second-order valence-corrected chi connectivity index (χ2v) is 6.51. The van der Waals surface area contributed by atoms with Crippen molar-refractivity contribution in [2.24, 2.45) is 0 Å². The largest absolute Gasteiger partial charge is 0.478 e.